The lowest BCUT2D eigenvalue weighted by atomic mass is 9.93. The molecule has 2 rings (SSSR count). The molecule has 2 aromatic heterocycles. The van der Waals surface area contributed by atoms with Crippen molar-refractivity contribution in [1.82, 2.24) is 19.6 Å². The topological polar surface area (TPSA) is 65.9 Å². The lowest BCUT2D eigenvalue weighted by Gasteiger charge is -2.14. The summed E-state index contributed by atoms with van der Waals surface area (Å²) in [5, 5.41) is 3.00. The van der Waals surface area contributed by atoms with E-state index in [0.29, 0.717) is 5.65 Å². The molecule has 0 fully saturated rings. The van der Waals surface area contributed by atoms with Crippen LogP contribution in [0.15, 0.2) is 10.9 Å². The molecule has 80 valence electrons. The molecule has 2 aromatic rings. The lowest BCUT2D eigenvalue weighted by molar-refractivity contribution is 0.560. The second-order valence-corrected chi connectivity index (χ2v) is 4.85. The van der Waals surface area contributed by atoms with Crippen LogP contribution in [-0.4, -0.2) is 19.6 Å². The summed E-state index contributed by atoms with van der Waals surface area (Å²) in [4.78, 5) is 18.0. The van der Waals surface area contributed by atoms with E-state index in [-0.39, 0.29) is 15.9 Å². The standard InChI is InChI=1S/C9H12N4OS/c1-9(2,3)5-4-6-10-7(15)11-8(14)13(6)12-5/h4,12H,1-3H3,(H,11,14,15). The number of fused-ring (bicyclic) bond motifs is 1. The molecule has 0 atom stereocenters. The largest absolute Gasteiger partial charge is 0.348 e. The highest BCUT2D eigenvalue weighted by Gasteiger charge is 2.17. The van der Waals surface area contributed by atoms with Crippen molar-refractivity contribution >= 4 is 17.9 Å². The number of rotatable bonds is 0. The molecule has 5 nitrogen and oxygen atoms in total. The predicted molar refractivity (Wildman–Crippen MR) is 59.7 cm³/mol. The van der Waals surface area contributed by atoms with Gasteiger partial charge in [-0.15, -0.1) is 0 Å². The van der Waals surface area contributed by atoms with Gasteiger partial charge in [-0.25, -0.2) is 9.78 Å². The Hall–Kier alpha value is -1.43. The van der Waals surface area contributed by atoms with Crippen molar-refractivity contribution in [1.29, 1.82) is 0 Å². The average molecular weight is 224 g/mol. The Morgan fingerprint density at radius 3 is 2.73 bits per heavy atom. The maximum absolute atomic E-state index is 11.5. The Kier molecular flexibility index (Phi) is 2.04. The van der Waals surface area contributed by atoms with E-state index in [1.165, 1.54) is 4.52 Å². The molecule has 0 amide bonds. The van der Waals surface area contributed by atoms with E-state index in [2.05, 4.69) is 35.8 Å². The van der Waals surface area contributed by atoms with Crippen molar-refractivity contribution in [3.63, 3.8) is 0 Å². The minimum Gasteiger partial charge on any atom is -0.292 e. The second kappa shape index (κ2) is 3.03. The first kappa shape index (κ1) is 10.1. The molecule has 0 bridgehead atoms. The van der Waals surface area contributed by atoms with Crippen LogP contribution in [0.5, 0.6) is 0 Å². The van der Waals surface area contributed by atoms with E-state index in [9.17, 15) is 4.79 Å². The van der Waals surface area contributed by atoms with Gasteiger partial charge in [-0.3, -0.25) is 10.1 Å². The fourth-order valence-corrected chi connectivity index (χ4v) is 1.49. The van der Waals surface area contributed by atoms with Gasteiger partial charge in [0.25, 0.3) is 0 Å². The summed E-state index contributed by atoms with van der Waals surface area (Å²) in [5.74, 6) is 0. The van der Waals surface area contributed by atoms with Gasteiger partial charge in [-0.1, -0.05) is 20.8 Å². The van der Waals surface area contributed by atoms with Crippen molar-refractivity contribution in [2.45, 2.75) is 26.2 Å². The number of hydrogen-bond donors (Lipinski definition) is 2. The van der Waals surface area contributed by atoms with E-state index < -0.39 is 0 Å². The maximum atomic E-state index is 11.5. The van der Waals surface area contributed by atoms with Crippen molar-refractivity contribution in [3.05, 3.63) is 27.0 Å². The molecular weight excluding hydrogens is 212 g/mol. The SMILES string of the molecule is CC(C)(C)c1cc2nc(=S)[nH]c(=O)n2[nH]1. The summed E-state index contributed by atoms with van der Waals surface area (Å²) in [5.41, 5.74) is 1.15. The fraction of sp³-hybridized carbons (Fsp3) is 0.444. The molecule has 15 heavy (non-hydrogen) atoms. The highest BCUT2D eigenvalue weighted by Crippen LogP contribution is 2.20. The number of nitrogens with one attached hydrogen (secondary N) is 2. The highest BCUT2D eigenvalue weighted by molar-refractivity contribution is 7.71. The quantitative estimate of drug-likeness (QED) is 0.664. The van der Waals surface area contributed by atoms with Crippen LogP contribution in [0.25, 0.3) is 5.65 Å². The molecule has 6 heteroatoms. The van der Waals surface area contributed by atoms with Crippen LogP contribution in [0.2, 0.25) is 0 Å². The third kappa shape index (κ3) is 1.72. The Balaban J connectivity index is 2.83. The molecule has 0 aliphatic rings. The minimum absolute atomic E-state index is 0.0538. The summed E-state index contributed by atoms with van der Waals surface area (Å²) in [6, 6.07) is 1.84. The van der Waals surface area contributed by atoms with Crippen LogP contribution >= 0.6 is 12.2 Å². The van der Waals surface area contributed by atoms with E-state index >= 15 is 0 Å². The Labute approximate surface area is 91.2 Å². The van der Waals surface area contributed by atoms with Gasteiger partial charge < -0.3 is 0 Å². The average Bonchev–Trinajstić information content (AvgIpc) is 2.46. The first-order chi connectivity index (χ1) is 6.88. The molecule has 0 saturated carbocycles. The summed E-state index contributed by atoms with van der Waals surface area (Å²) >= 11 is 4.84. The predicted octanol–water partition coefficient (Wildman–Crippen LogP) is 1.38. The van der Waals surface area contributed by atoms with Crippen molar-refractivity contribution < 1.29 is 0 Å². The molecule has 0 saturated heterocycles. The number of hydrogen-bond acceptors (Lipinski definition) is 3. The van der Waals surface area contributed by atoms with Crippen LogP contribution < -0.4 is 5.69 Å². The molecule has 2 N–H and O–H groups in total. The molecule has 0 aromatic carbocycles. The first-order valence-electron chi connectivity index (χ1n) is 4.60. The van der Waals surface area contributed by atoms with E-state index in [4.69, 9.17) is 12.2 Å². The Bertz CT molecular complexity index is 613. The molecule has 2 heterocycles. The zero-order valence-electron chi connectivity index (χ0n) is 8.79. The highest BCUT2D eigenvalue weighted by atomic mass is 32.1. The van der Waals surface area contributed by atoms with Crippen LogP contribution in [0, 0.1) is 4.77 Å². The van der Waals surface area contributed by atoms with Gasteiger partial charge in [0, 0.05) is 17.2 Å². The van der Waals surface area contributed by atoms with E-state index in [0.717, 1.165) is 5.69 Å². The normalized spacial score (nSPS) is 12.2. The monoisotopic (exact) mass is 224 g/mol. The smallest absolute Gasteiger partial charge is 0.292 e. The van der Waals surface area contributed by atoms with Gasteiger partial charge in [-0.05, 0) is 12.2 Å². The third-order valence-electron chi connectivity index (χ3n) is 2.18. The lowest BCUT2D eigenvalue weighted by Crippen LogP contribution is -2.19. The molecule has 0 aliphatic heterocycles. The third-order valence-corrected chi connectivity index (χ3v) is 2.37. The molecule has 0 spiro atoms. The van der Waals surface area contributed by atoms with E-state index in [1.807, 2.05) is 6.07 Å². The van der Waals surface area contributed by atoms with Crippen LogP contribution in [0.1, 0.15) is 26.5 Å². The number of aromatic amines is 2. The van der Waals surface area contributed by atoms with Gasteiger partial charge >= 0.3 is 5.69 Å². The van der Waals surface area contributed by atoms with Crippen molar-refractivity contribution in [2.24, 2.45) is 0 Å². The van der Waals surface area contributed by atoms with Gasteiger partial charge in [0.15, 0.2) is 5.65 Å². The number of nitrogens with zero attached hydrogens (tertiary/aromatic N) is 2. The maximum Gasteiger partial charge on any atom is 0.348 e. The van der Waals surface area contributed by atoms with Crippen LogP contribution in [0.4, 0.5) is 0 Å². The van der Waals surface area contributed by atoms with Crippen molar-refractivity contribution in [2.75, 3.05) is 0 Å². The zero-order valence-corrected chi connectivity index (χ0v) is 9.60. The number of H-pyrrole nitrogens is 2. The van der Waals surface area contributed by atoms with Crippen molar-refractivity contribution in [3.8, 4) is 0 Å². The molecule has 0 radical (unpaired) electrons. The fourth-order valence-electron chi connectivity index (χ4n) is 1.30. The number of aromatic nitrogens is 4. The van der Waals surface area contributed by atoms with Crippen LogP contribution in [-0.2, 0) is 5.41 Å². The Morgan fingerprint density at radius 1 is 1.47 bits per heavy atom. The van der Waals surface area contributed by atoms with Gasteiger partial charge in [0.2, 0.25) is 4.77 Å². The minimum atomic E-state index is -0.291. The summed E-state index contributed by atoms with van der Waals surface area (Å²) in [7, 11) is 0. The van der Waals surface area contributed by atoms with Gasteiger partial charge in [-0.2, -0.15) is 4.52 Å². The summed E-state index contributed by atoms with van der Waals surface area (Å²) < 4.78 is 1.57. The molecule has 0 unspecified atom stereocenters. The van der Waals surface area contributed by atoms with Gasteiger partial charge in [0.1, 0.15) is 0 Å². The summed E-state index contributed by atoms with van der Waals surface area (Å²) in [6.45, 7) is 6.17. The zero-order chi connectivity index (χ0) is 11.2. The summed E-state index contributed by atoms with van der Waals surface area (Å²) in [6.07, 6.45) is 0. The molecule has 0 aliphatic carbocycles. The van der Waals surface area contributed by atoms with Crippen LogP contribution in [0.3, 0.4) is 0 Å². The van der Waals surface area contributed by atoms with E-state index in [1.54, 1.807) is 0 Å². The Morgan fingerprint density at radius 2 is 2.13 bits per heavy atom. The van der Waals surface area contributed by atoms with Gasteiger partial charge in [0.05, 0.1) is 0 Å². The second-order valence-electron chi connectivity index (χ2n) is 4.46. The first-order valence-corrected chi connectivity index (χ1v) is 5.01. The molecular formula is C9H12N4OS.